The normalized spacial score (nSPS) is 13.1. The van der Waals surface area contributed by atoms with Crippen molar-refractivity contribution < 1.29 is 22.9 Å². The molecule has 0 atom stereocenters. The van der Waals surface area contributed by atoms with Crippen molar-refractivity contribution in [2.45, 2.75) is 0 Å². The van der Waals surface area contributed by atoms with Crippen LogP contribution in [0.15, 0.2) is 0 Å². The quantitative estimate of drug-likeness (QED) is 0.489. The largest absolute Gasteiger partial charge is 0.380 e. The highest BCUT2D eigenvalue weighted by Crippen LogP contribution is 2.57. The van der Waals surface area contributed by atoms with Gasteiger partial charge in [0.05, 0.1) is 26.4 Å². The number of hydrogen-bond donors (Lipinski definition) is 0. The summed E-state index contributed by atoms with van der Waals surface area (Å²) in [5, 5.41) is 0. The van der Waals surface area contributed by atoms with Crippen molar-refractivity contribution in [3.63, 3.8) is 0 Å². The molecular formula is C4H8Cl4O5P2. The zero-order valence-corrected chi connectivity index (χ0v) is 12.1. The summed E-state index contributed by atoms with van der Waals surface area (Å²) in [6.45, 7) is 0.177. The molecule has 5 nitrogen and oxygen atoms in total. The van der Waals surface area contributed by atoms with Crippen molar-refractivity contribution in [2.75, 3.05) is 26.4 Å². The molecule has 0 amide bonds. The molecule has 0 saturated heterocycles. The van der Waals surface area contributed by atoms with Crippen molar-refractivity contribution in [3.8, 4) is 0 Å². The molecule has 0 saturated carbocycles. The third-order valence-electron chi connectivity index (χ3n) is 0.939. The van der Waals surface area contributed by atoms with Gasteiger partial charge in [0, 0.05) is 0 Å². The highest BCUT2D eigenvalue weighted by Gasteiger charge is 2.14. The van der Waals surface area contributed by atoms with Crippen LogP contribution in [-0.4, -0.2) is 26.4 Å². The highest BCUT2D eigenvalue weighted by molar-refractivity contribution is 8.05. The zero-order chi connectivity index (χ0) is 11.9. The van der Waals surface area contributed by atoms with Gasteiger partial charge in [0.15, 0.2) is 0 Å². The molecule has 0 bridgehead atoms. The van der Waals surface area contributed by atoms with Gasteiger partial charge < -0.3 is 13.8 Å². The first-order valence-corrected chi connectivity index (χ1v) is 10.4. The van der Waals surface area contributed by atoms with Gasteiger partial charge in [-0.3, -0.25) is 9.13 Å². The van der Waals surface area contributed by atoms with Crippen LogP contribution in [0.5, 0.6) is 0 Å². The van der Waals surface area contributed by atoms with Crippen LogP contribution in [0.1, 0.15) is 0 Å². The highest BCUT2D eigenvalue weighted by atomic mass is 35.9. The number of hydrogen-bond acceptors (Lipinski definition) is 5. The van der Waals surface area contributed by atoms with E-state index < -0.39 is 12.1 Å². The molecule has 0 aliphatic rings. The van der Waals surface area contributed by atoms with Crippen molar-refractivity contribution in [2.24, 2.45) is 0 Å². The maximum absolute atomic E-state index is 10.6. The Hall–Kier alpha value is 1.50. The molecule has 0 fully saturated rings. The molecule has 0 radical (unpaired) electrons. The average molecular weight is 340 g/mol. The molecule has 0 heterocycles. The summed E-state index contributed by atoms with van der Waals surface area (Å²) in [5.41, 5.74) is 0. The first-order chi connectivity index (χ1) is 6.71. The molecule has 0 spiro atoms. The van der Waals surface area contributed by atoms with Crippen LogP contribution < -0.4 is 0 Å². The van der Waals surface area contributed by atoms with Gasteiger partial charge in [-0.05, 0) is 45.0 Å². The Morgan fingerprint density at radius 3 is 1.33 bits per heavy atom. The summed E-state index contributed by atoms with van der Waals surface area (Å²) < 4.78 is 35.1. The van der Waals surface area contributed by atoms with E-state index in [1.807, 2.05) is 0 Å². The fourth-order valence-corrected chi connectivity index (χ4v) is 1.91. The SMILES string of the molecule is O=P(Cl)(Cl)OCCOCCOP(=O)(Cl)Cl. The van der Waals surface area contributed by atoms with Crippen LogP contribution >= 0.6 is 57.1 Å². The molecule has 0 aromatic rings. The molecule has 0 N–H and O–H groups in total. The third kappa shape index (κ3) is 15.5. The predicted molar refractivity (Wildman–Crippen MR) is 61.3 cm³/mol. The summed E-state index contributed by atoms with van der Waals surface area (Å²) in [5.74, 6) is 0. The van der Waals surface area contributed by atoms with Crippen LogP contribution in [0.2, 0.25) is 0 Å². The summed E-state index contributed by atoms with van der Waals surface area (Å²) in [6.07, 6.45) is -7.00. The molecule has 0 aromatic carbocycles. The third-order valence-corrected chi connectivity index (χ3v) is 3.08. The molecule has 0 aromatic heterocycles. The van der Waals surface area contributed by atoms with E-state index in [2.05, 4.69) is 9.05 Å². The number of halogens is 4. The van der Waals surface area contributed by atoms with E-state index in [4.69, 9.17) is 49.7 Å². The van der Waals surface area contributed by atoms with Crippen molar-refractivity contribution in [1.29, 1.82) is 0 Å². The van der Waals surface area contributed by atoms with Gasteiger partial charge in [-0.2, -0.15) is 0 Å². The Kier molecular flexibility index (Phi) is 8.53. The fraction of sp³-hybridized carbons (Fsp3) is 1.00. The molecule has 0 aliphatic heterocycles. The Bertz CT molecular complexity index is 236. The molecule has 0 unspecified atom stereocenters. The maximum atomic E-state index is 10.6. The Morgan fingerprint density at radius 2 is 1.07 bits per heavy atom. The lowest BCUT2D eigenvalue weighted by atomic mass is 10.7. The number of ether oxygens (including phenoxy) is 1. The Morgan fingerprint density at radius 1 is 0.733 bits per heavy atom. The van der Waals surface area contributed by atoms with E-state index >= 15 is 0 Å². The number of rotatable bonds is 8. The second kappa shape index (κ2) is 7.75. The second-order valence-electron chi connectivity index (χ2n) is 2.11. The van der Waals surface area contributed by atoms with Crippen LogP contribution in [-0.2, 0) is 22.9 Å². The Labute approximate surface area is 106 Å². The summed E-state index contributed by atoms with van der Waals surface area (Å²) in [7, 11) is 0. The Balaban J connectivity index is 3.27. The van der Waals surface area contributed by atoms with Crippen molar-refractivity contribution in [3.05, 3.63) is 0 Å². The summed E-state index contributed by atoms with van der Waals surface area (Å²) >= 11 is 20.3. The van der Waals surface area contributed by atoms with Gasteiger partial charge >= 0.3 is 12.1 Å². The van der Waals surface area contributed by atoms with Crippen LogP contribution in [0, 0.1) is 0 Å². The average Bonchev–Trinajstić information content (AvgIpc) is 1.98. The first-order valence-electron chi connectivity index (χ1n) is 3.56. The summed E-state index contributed by atoms with van der Waals surface area (Å²) in [6, 6.07) is 0. The minimum absolute atomic E-state index is 0.0241. The fourth-order valence-electron chi connectivity index (χ4n) is 0.507. The van der Waals surface area contributed by atoms with Gasteiger partial charge in [0.25, 0.3) is 0 Å². The van der Waals surface area contributed by atoms with E-state index in [1.165, 1.54) is 0 Å². The molecular weight excluding hydrogens is 332 g/mol. The van der Waals surface area contributed by atoms with Gasteiger partial charge in [-0.15, -0.1) is 0 Å². The maximum Gasteiger partial charge on any atom is 0.380 e. The molecule has 0 rings (SSSR count). The molecule has 0 aliphatic carbocycles. The second-order valence-corrected chi connectivity index (χ2v) is 10.7. The van der Waals surface area contributed by atoms with Gasteiger partial charge in [0.2, 0.25) is 0 Å². The lowest BCUT2D eigenvalue weighted by Gasteiger charge is -2.06. The lowest BCUT2D eigenvalue weighted by molar-refractivity contribution is 0.0809. The van der Waals surface area contributed by atoms with Crippen LogP contribution in [0.25, 0.3) is 0 Å². The zero-order valence-electron chi connectivity index (χ0n) is 7.28. The van der Waals surface area contributed by atoms with Crippen LogP contribution in [0.3, 0.4) is 0 Å². The van der Waals surface area contributed by atoms with Crippen molar-refractivity contribution >= 4 is 57.1 Å². The van der Waals surface area contributed by atoms with Gasteiger partial charge in [-0.1, -0.05) is 0 Å². The molecule has 92 valence electrons. The molecule has 11 heteroatoms. The van der Waals surface area contributed by atoms with E-state index in [-0.39, 0.29) is 26.4 Å². The minimum atomic E-state index is -3.50. The van der Waals surface area contributed by atoms with E-state index in [1.54, 1.807) is 0 Å². The van der Waals surface area contributed by atoms with Crippen molar-refractivity contribution in [1.82, 2.24) is 0 Å². The van der Waals surface area contributed by atoms with E-state index in [9.17, 15) is 9.13 Å². The molecule has 15 heavy (non-hydrogen) atoms. The van der Waals surface area contributed by atoms with E-state index in [0.717, 1.165) is 0 Å². The summed E-state index contributed by atoms with van der Waals surface area (Å²) in [4.78, 5) is 0. The first kappa shape index (κ1) is 16.5. The lowest BCUT2D eigenvalue weighted by Crippen LogP contribution is -2.06. The van der Waals surface area contributed by atoms with E-state index in [0.29, 0.717) is 0 Å². The standard InChI is InChI=1S/C4H8Cl4O5P2/c5-14(6,9)12-3-1-11-2-4-13-15(7,8)10/h1-4H2. The monoisotopic (exact) mass is 338 g/mol. The smallest absolute Gasteiger partial charge is 0.377 e. The predicted octanol–water partition coefficient (Wildman–Crippen LogP) is 4.21. The van der Waals surface area contributed by atoms with Crippen LogP contribution in [0.4, 0.5) is 0 Å². The topological polar surface area (TPSA) is 61.8 Å². The van der Waals surface area contributed by atoms with Gasteiger partial charge in [-0.25, -0.2) is 0 Å². The van der Waals surface area contributed by atoms with Gasteiger partial charge in [0.1, 0.15) is 0 Å². The minimum Gasteiger partial charge on any atom is -0.377 e.